The quantitative estimate of drug-likeness (QED) is 0.199. The van der Waals surface area contributed by atoms with Crippen molar-refractivity contribution in [3.8, 4) is 0 Å². The van der Waals surface area contributed by atoms with E-state index in [1.54, 1.807) is 12.1 Å². The van der Waals surface area contributed by atoms with Gasteiger partial charge in [0.15, 0.2) is 0 Å². The molecule has 25 heavy (non-hydrogen) atoms. The van der Waals surface area contributed by atoms with E-state index in [9.17, 15) is 9.59 Å². The van der Waals surface area contributed by atoms with Crippen molar-refractivity contribution in [1.82, 2.24) is 5.32 Å². The number of amides is 1. The van der Waals surface area contributed by atoms with E-state index < -0.39 is 12.2 Å². The highest BCUT2D eigenvalue weighted by molar-refractivity contribution is 6.33. The van der Waals surface area contributed by atoms with Crippen LogP contribution in [0, 0.1) is 0 Å². The molecule has 1 atom stereocenters. The summed E-state index contributed by atoms with van der Waals surface area (Å²) in [5.41, 5.74) is 9.60. The van der Waals surface area contributed by atoms with Crippen molar-refractivity contribution in [2.45, 2.75) is 45.2 Å². The zero-order chi connectivity index (χ0) is 18.5. The highest BCUT2D eigenvalue weighted by atomic mass is 16.5. The maximum Gasteiger partial charge on any atom is 0.335 e. The molecule has 1 radical (unpaired) electrons. The van der Waals surface area contributed by atoms with Crippen molar-refractivity contribution in [3.05, 3.63) is 45.8 Å². The fourth-order valence-electron chi connectivity index (χ4n) is 2.04. The lowest BCUT2D eigenvalue weighted by molar-refractivity contribution is -0.120. The van der Waals surface area contributed by atoms with Gasteiger partial charge in [0.2, 0.25) is 5.91 Å². The standard InChI is InChI=1S/C16H22BN4O4/c1-17-9-8-14(22)19-10-2-3-15(20-21-18)25-11-12-4-6-13(7-5-12)16(23)24/h4-7,15H,2-3,8-11H2,1H3,(H,19,22)(H,23,24). The van der Waals surface area contributed by atoms with Crippen molar-refractivity contribution >= 4 is 19.2 Å². The SMILES string of the molecule is C[B]CCC(=O)NCCCC(N=[N+]=[N-])OCc1ccc(C(=O)O)cc1. The summed E-state index contributed by atoms with van der Waals surface area (Å²) < 4.78 is 5.56. The first kappa shape index (κ1) is 20.5. The molecule has 9 heteroatoms. The second-order valence-electron chi connectivity index (χ2n) is 5.41. The minimum Gasteiger partial charge on any atom is -0.478 e. The second-order valence-corrected chi connectivity index (χ2v) is 5.41. The van der Waals surface area contributed by atoms with E-state index in [-0.39, 0.29) is 18.1 Å². The molecule has 0 aliphatic rings. The summed E-state index contributed by atoms with van der Waals surface area (Å²) >= 11 is 0. The van der Waals surface area contributed by atoms with Crippen molar-refractivity contribution in [3.63, 3.8) is 0 Å². The Kier molecular flexibility index (Phi) is 9.81. The predicted octanol–water partition coefficient (Wildman–Crippen LogP) is 2.99. The van der Waals surface area contributed by atoms with Crippen molar-refractivity contribution in [1.29, 1.82) is 0 Å². The van der Waals surface area contributed by atoms with Gasteiger partial charge in [-0.2, -0.15) is 0 Å². The van der Waals surface area contributed by atoms with E-state index in [1.807, 2.05) is 14.1 Å². The molecule has 8 nitrogen and oxygen atoms in total. The van der Waals surface area contributed by atoms with Gasteiger partial charge < -0.3 is 15.2 Å². The number of hydrogen-bond acceptors (Lipinski definition) is 4. The molecule has 0 aliphatic heterocycles. The Bertz CT molecular complexity index is 603. The van der Waals surface area contributed by atoms with Crippen molar-refractivity contribution in [2.75, 3.05) is 6.54 Å². The summed E-state index contributed by atoms with van der Waals surface area (Å²) in [6.45, 7) is 2.61. The first-order chi connectivity index (χ1) is 12.1. The molecule has 1 unspecified atom stereocenters. The van der Waals surface area contributed by atoms with E-state index in [2.05, 4.69) is 15.3 Å². The van der Waals surface area contributed by atoms with Crippen LogP contribution >= 0.6 is 0 Å². The van der Waals surface area contributed by atoms with Gasteiger partial charge in [-0.05, 0) is 36.1 Å². The third-order valence-electron chi connectivity index (χ3n) is 3.43. The maximum absolute atomic E-state index is 11.5. The number of hydrogen-bond donors (Lipinski definition) is 2. The van der Waals surface area contributed by atoms with Crippen LogP contribution in [0.5, 0.6) is 0 Å². The Balaban J connectivity index is 2.35. The number of carbonyl (C=O) groups excluding carboxylic acids is 1. The molecule has 1 aromatic carbocycles. The Hall–Kier alpha value is -2.51. The number of ether oxygens (including phenoxy) is 1. The lowest BCUT2D eigenvalue weighted by Crippen LogP contribution is -2.25. The minimum atomic E-state index is -0.988. The number of carboxylic acids is 1. The Labute approximate surface area is 147 Å². The summed E-state index contributed by atoms with van der Waals surface area (Å²) in [5, 5.41) is 15.3. The third-order valence-corrected chi connectivity index (χ3v) is 3.43. The Morgan fingerprint density at radius 2 is 2.12 bits per heavy atom. The van der Waals surface area contributed by atoms with E-state index in [1.165, 1.54) is 12.1 Å². The zero-order valence-electron chi connectivity index (χ0n) is 14.2. The van der Waals surface area contributed by atoms with Crippen LogP contribution in [0.1, 0.15) is 35.2 Å². The summed E-state index contributed by atoms with van der Waals surface area (Å²) in [5.74, 6) is -0.990. The molecule has 0 aliphatic carbocycles. The molecule has 0 saturated carbocycles. The average Bonchev–Trinajstić information content (AvgIpc) is 2.61. The largest absolute Gasteiger partial charge is 0.478 e. The molecule has 0 heterocycles. The number of rotatable bonds is 12. The number of carboxylic acid groups (broad SMARTS) is 1. The molecule has 0 aromatic heterocycles. The van der Waals surface area contributed by atoms with Gasteiger partial charge in [0, 0.05) is 17.9 Å². The van der Waals surface area contributed by atoms with Crippen molar-refractivity contribution < 1.29 is 19.4 Å². The molecule has 0 bridgehead atoms. The summed E-state index contributed by atoms with van der Waals surface area (Å²) in [4.78, 5) is 25.0. The number of benzene rings is 1. The number of nitrogens with one attached hydrogen (secondary N) is 1. The monoisotopic (exact) mass is 345 g/mol. The van der Waals surface area contributed by atoms with Gasteiger partial charge in [-0.25, -0.2) is 4.79 Å². The minimum absolute atomic E-state index is 0.00197. The molecular weight excluding hydrogens is 323 g/mol. The average molecular weight is 345 g/mol. The Morgan fingerprint density at radius 1 is 1.40 bits per heavy atom. The molecule has 1 rings (SSSR count). The summed E-state index contributed by atoms with van der Waals surface area (Å²) in [6.07, 6.45) is 1.70. The number of nitrogens with zero attached hydrogens (tertiary/aromatic N) is 3. The molecule has 1 amide bonds. The molecule has 133 valence electrons. The molecule has 0 fully saturated rings. The van der Waals surface area contributed by atoms with Crippen molar-refractivity contribution in [2.24, 2.45) is 5.11 Å². The van der Waals surface area contributed by atoms with Crippen LogP contribution in [-0.4, -0.2) is 37.0 Å². The summed E-state index contributed by atoms with van der Waals surface area (Å²) in [7, 11) is 1.94. The zero-order valence-corrected chi connectivity index (χ0v) is 14.2. The third kappa shape index (κ3) is 8.78. The highest BCUT2D eigenvalue weighted by Crippen LogP contribution is 2.11. The molecule has 2 N–H and O–H groups in total. The fraction of sp³-hybridized carbons (Fsp3) is 0.500. The molecule has 0 saturated heterocycles. The Morgan fingerprint density at radius 3 is 2.72 bits per heavy atom. The number of aromatic carboxylic acids is 1. The lowest BCUT2D eigenvalue weighted by Gasteiger charge is -2.13. The van der Waals surface area contributed by atoms with Crippen LogP contribution in [-0.2, 0) is 16.1 Å². The first-order valence-corrected chi connectivity index (χ1v) is 8.09. The van der Waals surface area contributed by atoms with Gasteiger partial charge in [0.05, 0.1) is 12.2 Å². The van der Waals surface area contributed by atoms with E-state index in [0.29, 0.717) is 25.8 Å². The van der Waals surface area contributed by atoms with Gasteiger partial charge in [-0.1, -0.05) is 30.4 Å². The van der Waals surface area contributed by atoms with E-state index in [4.69, 9.17) is 15.4 Å². The van der Waals surface area contributed by atoms with Gasteiger partial charge >= 0.3 is 5.97 Å². The van der Waals surface area contributed by atoms with Crippen LogP contribution in [0.4, 0.5) is 0 Å². The van der Waals surface area contributed by atoms with Crippen LogP contribution in [0.25, 0.3) is 10.4 Å². The fourth-order valence-corrected chi connectivity index (χ4v) is 2.04. The molecular formula is C16H22BN4O4. The number of azide groups is 1. The van der Waals surface area contributed by atoms with Gasteiger partial charge in [-0.15, -0.1) is 0 Å². The van der Waals surface area contributed by atoms with Crippen LogP contribution < -0.4 is 5.32 Å². The number of carbonyl (C=O) groups is 2. The lowest BCUT2D eigenvalue weighted by atomic mass is 9.77. The highest BCUT2D eigenvalue weighted by Gasteiger charge is 2.08. The van der Waals surface area contributed by atoms with Gasteiger partial charge in [0.1, 0.15) is 13.5 Å². The summed E-state index contributed by atoms with van der Waals surface area (Å²) in [6, 6.07) is 6.29. The smallest absolute Gasteiger partial charge is 0.335 e. The molecule has 1 aromatic rings. The normalized spacial score (nSPS) is 11.2. The van der Waals surface area contributed by atoms with E-state index >= 15 is 0 Å². The maximum atomic E-state index is 11.5. The van der Waals surface area contributed by atoms with E-state index in [0.717, 1.165) is 11.9 Å². The molecule has 0 spiro atoms. The predicted molar refractivity (Wildman–Crippen MR) is 94.4 cm³/mol. The van der Waals surface area contributed by atoms with Crippen LogP contribution in [0.2, 0.25) is 13.1 Å². The second kappa shape index (κ2) is 11.9. The van der Waals surface area contributed by atoms with Gasteiger partial charge in [0.25, 0.3) is 0 Å². The first-order valence-electron chi connectivity index (χ1n) is 8.09. The van der Waals surface area contributed by atoms with Crippen LogP contribution in [0.15, 0.2) is 29.4 Å². The van der Waals surface area contributed by atoms with Crippen LogP contribution in [0.3, 0.4) is 0 Å². The topological polar surface area (TPSA) is 124 Å². The van der Waals surface area contributed by atoms with Gasteiger partial charge in [-0.3, -0.25) is 4.79 Å².